The molecule has 1 heterocycles. The second-order valence-electron chi connectivity index (χ2n) is 5.18. The molecule has 1 aromatic rings. The van der Waals surface area contributed by atoms with Crippen molar-refractivity contribution in [1.82, 2.24) is 5.32 Å². The molecule has 1 aliphatic rings. The quantitative estimate of drug-likeness (QED) is 0.838. The van der Waals surface area contributed by atoms with Crippen LogP contribution in [0.4, 0.5) is 10.5 Å². The number of rotatable bonds is 5. The lowest BCUT2D eigenvalue weighted by Gasteiger charge is -2.34. The summed E-state index contributed by atoms with van der Waals surface area (Å²) in [6.07, 6.45) is 4.07. The molecule has 1 aromatic carbocycles. The average molecular weight is 288 g/mol. The van der Waals surface area contributed by atoms with Crippen LogP contribution in [0.5, 0.6) is 0 Å². The highest BCUT2D eigenvalue weighted by Gasteiger charge is 2.28. The van der Waals surface area contributed by atoms with Crippen LogP contribution in [0, 0.1) is 0 Å². The van der Waals surface area contributed by atoms with Crippen LogP contribution in [-0.4, -0.2) is 25.2 Å². The van der Waals surface area contributed by atoms with Crippen LogP contribution >= 0.6 is 0 Å². The van der Waals surface area contributed by atoms with Gasteiger partial charge >= 0.3 is 6.03 Å². The van der Waals surface area contributed by atoms with Gasteiger partial charge in [0.2, 0.25) is 0 Å². The Morgan fingerprint density at radius 2 is 2.10 bits per heavy atom. The molecule has 1 N–H and O–H groups in total. The van der Waals surface area contributed by atoms with Gasteiger partial charge in [-0.25, -0.2) is 4.79 Å². The summed E-state index contributed by atoms with van der Waals surface area (Å²) >= 11 is 0. The Kier molecular flexibility index (Phi) is 5.26. The third-order valence-corrected chi connectivity index (χ3v) is 3.55. The zero-order valence-electron chi connectivity index (χ0n) is 13.1. The van der Waals surface area contributed by atoms with Gasteiger partial charge in [0.15, 0.2) is 0 Å². The van der Waals surface area contributed by atoms with Gasteiger partial charge in [-0.1, -0.05) is 25.5 Å². The van der Waals surface area contributed by atoms with Crippen molar-refractivity contribution in [3.63, 3.8) is 0 Å². The topological polar surface area (TPSA) is 41.6 Å². The van der Waals surface area contributed by atoms with Crippen molar-refractivity contribution in [3.8, 4) is 0 Å². The predicted octanol–water partition coefficient (Wildman–Crippen LogP) is 3.78. The fourth-order valence-corrected chi connectivity index (χ4v) is 2.53. The molecule has 0 saturated carbocycles. The van der Waals surface area contributed by atoms with E-state index in [-0.39, 0.29) is 12.1 Å². The Balaban J connectivity index is 2.25. The summed E-state index contributed by atoms with van der Waals surface area (Å²) in [7, 11) is 0. The van der Waals surface area contributed by atoms with Crippen molar-refractivity contribution >= 4 is 17.5 Å². The van der Waals surface area contributed by atoms with Gasteiger partial charge in [0, 0.05) is 12.1 Å². The monoisotopic (exact) mass is 288 g/mol. The zero-order valence-corrected chi connectivity index (χ0v) is 13.1. The summed E-state index contributed by atoms with van der Waals surface area (Å²) in [5.74, 6) is 0.859. The number of benzene rings is 1. The lowest BCUT2D eigenvalue weighted by Crippen LogP contribution is -2.46. The maximum Gasteiger partial charge on any atom is 0.322 e. The van der Waals surface area contributed by atoms with E-state index in [0.29, 0.717) is 13.2 Å². The van der Waals surface area contributed by atoms with Crippen molar-refractivity contribution in [3.05, 3.63) is 35.9 Å². The summed E-state index contributed by atoms with van der Waals surface area (Å²) in [4.78, 5) is 14.3. The third kappa shape index (κ3) is 3.38. The highest BCUT2D eigenvalue weighted by molar-refractivity contribution is 5.97. The van der Waals surface area contributed by atoms with Gasteiger partial charge in [0.25, 0.3) is 0 Å². The average Bonchev–Trinajstić information content (AvgIpc) is 2.48. The first-order valence-corrected chi connectivity index (χ1v) is 7.70. The first-order chi connectivity index (χ1) is 10.2. The molecule has 21 heavy (non-hydrogen) atoms. The van der Waals surface area contributed by atoms with Gasteiger partial charge in [-0.3, -0.25) is 4.90 Å². The molecular weight excluding hydrogens is 264 g/mol. The fourth-order valence-electron chi connectivity index (χ4n) is 2.53. The number of urea groups is 1. The Bertz CT molecular complexity index is 525. The Morgan fingerprint density at radius 1 is 1.33 bits per heavy atom. The van der Waals surface area contributed by atoms with Crippen molar-refractivity contribution in [1.29, 1.82) is 0 Å². The van der Waals surface area contributed by atoms with Gasteiger partial charge in [0.1, 0.15) is 5.76 Å². The molecule has 2 amide bonds. The number of nitrogens with zero attached hydrogens (tertiary/aromatic N) is 1. The number of hydrogen-bond acceptors (Lipinski definition) is 2. The Morgan fingerprint density at radius 3 is 2.81 bits per heavy atom. The van der Waals surface area contributed by atoms with E-state index in [2.05, 4.69) is 12.2 Å². The van der Waals surface area contributed by atoms with Crippen LogP contribution in [0.2, 0.25) is 0 Å². The molecule has 0 saturated heterocycles. The van der Waals surface area contributed by atoms with E-state index in [1.807, 2.05) is 44.2 Å². The predicted molar refractivity (Wildman–Crippen MR) is 86.3 cm³/mol. The maximum atomic E-state index is 12.5. The van der Waals surface area contributed by atoms with Crippen LogP contribution in [0.1, 0.15) is 39.2 Å². The number of fused-ring (bicyclic) bond motifs is 1. The van der Waals surface area contributed by atoms with Crippen LogP contribution < -0.4 is 10.2 Å². The molecule has 0 radical (unpaired) electrons. The molecular formula is C17H24N2O2. The minimum absolute atomic E-state index is 0.0249. The number of ether oxygens (including phenoxy) is 1. The summed E-state index contributed by atoms with van der Waals surface area (Å²) in [5.41, 5.74) is 1.88. The summed E-state index contributed by atoms with van der Waals surface area (Å²) in [6.45, 7) is 7.42. The molecule has 2 rings (SSSR count). The zero-order chi connectivity index (χ0) is 15.2. The minimum atomic E-state index is -0.0461. The first-order valence-electron chi connectivity index (χ1n) is 7.70. The van der Waals surface area contributed by atoms with Gasteiger partial charge < -0.3 is 10.1 Å². The van der Waals surface area contributed by atoms with Gasteiger partial charge in [-0.05, 0) is 38.5 Å². The van der Waals surface area contributed by atoms with Crippen LogP contribution in [0.15, 0.2) is 30.3 Å². The number of nitrogens with one attached hydrogen (secondary N) is 1. The molecule has 4 nitrogen and oxygen atoms in total. The summed E-state index contributed by atoms with van der Waals surface area (Å²) in [5, 5.41) is 2.99. The molecule has 0 spiro atoms. The highest BCUT2D eigenvalue weighted by atomic mass is 16.5. The Labute approximate surface area is 126 Å². The second kappa shape index (κ2) is 7.16. The van der Waals surface area contributed by atoms with Crippen molar-refractivity contribution in [2.45, 2.75) is 39.7 Å². The molecule has 0 fully saturated rings. The van der Waals surface area contributed by atoms with E-state index in [4.69, 9.17) is 4.74 Å². The van der Waals surface area contributed by atoms with Gasteiger partial charge in [-0.2, -0.15) is 0 Å². The molecule has 1 aliphatic heterocycles. The number of hydrogen-bond donors (Lipinski definition) is 1. The van der Waals surface area contributed by atoms with Crippen molar-refractivity contribution < 1.29 is 9.53 Å². The third-order valence-electron chi connectivity index (χ3n) is 3.55. The van der Waals surface area contributed by atoms with Crippen molar-refractivity contribution in [2.24, 2.45) is 0 Å². The number of para-hydroxylation sites is 1. The van der Waals surface area contributed by atoms with E-state index < -0.39 is 0 Å². The van der Waals surface area contributed by atoms with Crippen LogP contribution in [0.25, 0.3) is 5.76 Å². The number of carbonyl (C=O) groups excluding carboxylic acids is 1. The molecule has 1 atom stereocenters. The van der Waals surface area contributed by atoms with Crippen molar-refractivity contribution in [2.75, 3.05) is 18.1 Å². The largest absolute Gasteiger partial charge is 0.493 e. The molecule has 0 aliphatic carbocycles. The maximum absolute atomic E-state index is 12.5. The summed E-state index contributed by atoms with van der Waals surface area (Å²) in [6, 6.07) is 7.81. The fraction of sp³-hybridized carbons (Fsp3) is 0.471. The highest BCUT2D eigenvalue weighted by Crippen LogP contribution is 2.34. The van der Waals surface area contributed by atoms with E-state index >= 15 is 0 Å². The normalized spacial score (nSPS) is 17.0. The molecule has 0 aromatic heterocycles. The van der Waals surface area contributed by atoms with E-state index in [9.17, 15) is 4.79 Å². The van der Waals surface area contributed by atoms with E-state index in [0.717, 1.165) is 29.9 Å². The van der Waals surface area contributed by atoms with Gasteiger partial charge in [0.05, 0.1) is 18.3 Å². The standard InChI is InChI=1S/C17H24N2O2/c1-4-6-11-18-17(20)19-13(3)12-16(21-5-2)14-9-7-8-10-15(14)19/h7-10,12-13H,4-6,11H2,1-3H3,(H,18,20). The van der Waals surface area contributed by atoms with Crippen LogP contribution in [-0.2, 0) is 4.74 Å². The smallest absolute Gasteiger partial charge is 0.322 e. The lowest BCUT2D eigenvalue weighted by molar-refractivity contribution is 0.244. The van der Waals surface area contributed by atoms with Gasteiger partial charge in [-0.15, -0.1) is 0 Å². The summed E-state index contributed by atoms with van der Waals surface area (Å²) < 4.78 is 5.71. The van der Waals surface area contributed by atoms with Crippen LogP contribution in [0.3, 0.4) is 0 Å². The first kappa shape index (κ1) is 15.4. The van der Waals surface area contributed by atoms with E-state index in [1.165, 1.54) is 0 Å². The minimum Gasteiger partial charge on any atom is -0.493 e. The second-order valence-corrected chi connectivity index (χ2v) is 5.18. The molecule has 114 valence electrons. The molecule has 1 unspecified atom stereocenters. The van der Waals surface area contributed by atoms with E-state index in [1.54, 1.807) is 4.90 Å². The molecule has 4 heteroatoms. The number of anilines is 1. The SMILES string of the molecule is CCCCNC(=O)N1c2ccccc2C(OCC)=CC1C. The number of unbranched alkanes of at least 4 members (excludes halogenated alkanes) is 1. The lowest BCUT2D eigenvalue weighted by atomic mass is 10.0. The molecule has 0 bridgehead atoms. The number of carbonyl (C=O) groups is 1. The number of amides is 2. The Hall–Kier alpha value is -1.97.